The second-order valence-electron chi connectivity index (χ2n) is 22.1. The van der Waals surface area contributed by atoms with E-state index in [2.05, 4.69) is 21.3 Å². The van der Waals surface area contributed by atoms with Crippen molar-refractivity contribution < 1.29 is 57.8 Å². The molecule has 0 bridgehead atoms. The fourth-order valence-corrected chi connectivity index (χ4v) is 12.7. The molecule has 7 rings (SSSR count). The van der Waals surface area contributed by atoms with E-state index in [1.54, 1.807) is 4.90 Å². The van der Waals surface area contributed by atoms with Gasteiger partial charge in [-0.05, 0) is 123 Å². The second-order valence-corrected chi connectivity index (χ2v) is 22.1. The molecule has 7 saturated heterocycles. The summed E-state index contributed by atoms with van der Waals surface area (Å²) in [6.45, 7) is 4.95. The van der Waals surface area contributed by atoms with Gasteiger partial charge in [-0.25, -0.2) is 0 Å². The largest absolute Gasteiger partial charge is 0.394 e. The Hall–Kier alpha value is -6.03. The number of nitrogens with zero attached hydrogens (tertiary/aromatic N) is 7. The van der Waals surface area contributed by atoms with Crippen LogP contribution in [-0.2, 0) is 52.7 Å². The van der Waals surface area contributed by atoms with Crippen LogP contribution < -0.4 is 44.2 Å². The first-order chi connectivity index (χ1) is 37.2. The van der Waals surface area contributed by atoms with Crippen molar-refractivity contribution in [3.8, 4) is 0 Å². The minimum absolute atomic E-state index is 0.0554. The number of likely N-dealkylation sites (tertiary alicyclic amines) is 7. The number of aliphatic hydroxyl groups is 1. The first-order valence-electron chi connectivity index (χ1n) is 28.2. The van der Waals surface area contributed by atoms with Crippen molar-refractivity contribution in [2.75, 3.05) is 59.0 Å². The highest BCUT2D eigenvalue weighted by Crippen LogP contribution is 2.31. The standard InChI is InChI=1S/C51H83N15O12/c1-29-11-4-20-60(29)47(75)36-15-8-24-64(36)45(73)31(12-3-19-56-51(54)55)57-42(70)34-13-5-21-61(34)49(77)39-18-10-26-66(39)50(78)38-17-9-25-65(38)46(74)32(27-40(53)68)58-41(69)33(28-67)59-43(71)35-14-6-22-62(35)48(76)37-16-7-23-63(37)44(72)30(2)52/h29-39,51,56,67H,3-28,52,54-55H2,1-2H3,(H2,53,68)(H,57,70)(H,58,69)(H,59,71)/t29-,30+,31+,32+,33+,34+,35+,36+,37+,38+,39+/m1/s1. The van der Waals surface area contributed by atoms with Crippen LogP contribution in [0.3, 0.4) is 0 Å². The van der Waals surface area contributed by atoms with Gasteiger partial charge in [0, 0.05) is 51.9 Å². The molecule has 13 N–H and O–H groups in total. The summed E-state index contributed by atoms with van der Waals surface area (Å²) in [5, 5.41) is 21.1. The van der Waals surface area contributed by atoms with E-state index in [4.69, 9.17) is 22.9 Å². The number of nitrogens with two attached hydrogens (primary N) is 4. The summed E-state index contributed by atoms with van der Waals surface area (Å²) in [5.41, 5.74) is 22.8. The van der Waals surface area contributed by atoms with E-state index in [1.165, 1.54) is 31.4 Å². The molecular weight excluding hydrogens is 1010 g/mol. The van der Waals surface area contributed by atoms with Crippen molar-refractivity contribution in [1.29, 1.82) is 0 Å². The molecule has 7 aliphatic rings. The number of nitrogens with one attached hydrogen (secondary N) is 4. The zero-order valence-corrected chi connectivity index (χ0v) is 45.2. The molecule has 434 valence electrons. The number of primary amides is 1. The third-order valence-electron chi connectivity index (χ3n) is 16.7. The third kappa shape index (κ3) is 13.5. The Balaban J connectivity index is 0.982. The smallest absolute Gasteiger partial charge is 0.246 e. The number of carbonyl (C=O) groups excluding carboxylic acids is 11. The molecule has 0 radical (unpaired) electrons. The van der Waals surface area contributed by atoms with Gasteiger partial charge < -0.3 is 78.3 Å². The molecule has 0 aliphatic carbocycles. The monoisotopic (exact) mass is 1100 g/mol. The number of aliphatic hydroxyl groups excluding tert-OH is 1. The maximum atomic E-state index is 14.6. The van der Waals surface area contributed by atoms with Crippen molar-refractivity contribution in [1.82, 2.24) is 55.6 Å². The van der Waals surface area contributed by atoms with Gasteiger partial charge in [0.05, 0.1) is 19.1 Å². The van der Waals surface area contributed by atoms with Gasteiger partial charge in [-0.1, -0.05) is 0 Å². The zero-order valence-electron chi connectivity index (χ0n) is 45.2. The Kier molecular flexibility index (Phi) is 20.4. The van der Waals surface area contributed by atoms with E-state index >= 15 is 0 Å². The average Bonchev–Trinajstić information content (AvgIpc) is 4.34. The number of carbonyl (C=O) groups is 11. The minimum Gasteiger partial charge on any atom is -0.394 e. The normalized spacial score (nSPS) is 26.8. The lowest BCUT2D eigenvalue weighted by atomic mass is 10.1. The SMILES string of the molecule is C[C@H](N)C(=O)N1CCC[C@H]1C(=O)N1CCC[C@H]1C(=O)N[C@@H](CO)C(=O)N[C@@H](CC(N)=O)C(=O)N1CCC[C@H]1C(=O)N1CCC[C@H]1C(=O)N1CCC[C@H]1C(=O)N[C@@H](CCCNC(N)N)C(=O)N1CCC[C@H]1C(=O)N1CCC[C@H]1C. The molecule has 7 heterocycles. The van der Waals surface area contributed by atoms with Crippen LogP contribution in [0.2, 0.25) is 0 Å². The average molecular weight is 1100 g/mol. The molecular formula is C51H83N15O12. The van der Waals surface area contributed by atoms with Crippen LogP contribution in [0.4, 0.5) is 0 Å². The van der Waals surface area contributed by atoms with Crippen LogP contribution in [0.15, 0.2) is 0 Å². The van der Waals surface area contributed by atoms with Gasteiger partial charge in [-0.3, -0.25) is 58.1 Å². The molecule has 7 fully saturated rings. The van der Waals surface area contributed by atoms with Gasteiger partial charge in [0.2, 0.25) is 65.0 Å². The second kappa shape index (κ2) is 26.7. The van der Waals surface area contributed by atoms with E-state index < -0.39 is 127 Å². The van der Waals surface area contributed by atoms with Gasteiger partial charge in [0.25, 0.3) is 0 Å². The summed E-state index contributed by atoms with van der Waals surface area (Å²) in [7, 11) is 0. The van der Waals surface area contributed by atoms with Crippen molar-refractivity contribution in [2.24, 2.45) is 22.9 Å². The Labute approximate surface area is 454 Å². The summed E-state index contributed by atoms with van der Waals surface area (Å²) in [5.74, 6) is -6.39. The van der Waals surface area contributed by atoms with Gasteiger partial charge in [0.15, 0.2) is 0 Å². The van der Waals surface area contributed by atoms with Crippen LogP contribution in [0.5, 0.6) is 0 Å². The summed E-state index contributed by atoms with van der Waals surface area (Å²) in [4.78, 5) is 163. The minimum atomic E-state index is -1.63. The molecule has 0 aromatic heterocycles. The van der Waals surface area contributed by atoms with E-state index in [0.717, 1.165) is 12.8 Å². The number of amides is 11. The van der Waals surface area contributed by atoms with Crippen molar-refractivity contribution in [2.45, 2.75) is 196 Å². The van der Waals surface area contributed by atoms with Gasteiger partial charge in [-0.15, -0.1) is 0 Å². The highest BCUT2D eigenvalue weighted by Gasteiger charge is 2.49. The summed E-state index contributed by atoms with van der Waals surface area (Å²) >= 11 is 0. The lowest BCUT2D eigenvalue weighted by molar-refractivity contribution is -0.151. The molecule has 27 heteroatoms. The molecule has 78 heavy (non-hydrogen) atoms. The predicted octanol–water partition coefficient (Wildman–Crippen LogP) is -4.82. The lowest BCUT2D eigenvalue weighted by Gasteiger charge is -2.35. The fraction of sp³-hybridized carbons (Fsp3) is 0.784. The lowest BCUT2D eigenvalue weighted by Crippen LogP contribution is -2.60. The van der Waals surface area contributed by atoms with Gasteiger partial charge in [0.1, 0.15) is 60.7 Å². The maximum absolute atomic E-state index is 14.6. The molecule has 0 aromatic carbocycles. The molecule has 7 aliphatic heterocycles. The van der Waals surface area contributed by atoms with E-state index in [1.807, 2.05) is 11.8 Å². The van der Waals surface area contributed by atoms with Gasteiger partial charge in [-0.2, -0.15) is 0 Å². The Morgan fingerprint density at radius 1 is 0.487 bits per heavy atom. The first kappa shape index (κ1) is 59.6. The third-order valence-corrected chi connectivity index (χ3v) is 16.7. The zero-order chi connectivity index (χ0) is 56.5. The molecule has 11 atom stereocenters. The van der Waals surface area contributed by atoms with Crippen molar-refractivity contribution >= 4 is 65.0 Å². The highest BCUT2D eigenvalue weighted by atomic mass is 16.3. The maximum Gasteiger partial charge on any atom is 0.246 e. The molecule has 11 amide bonds. The number of rotatable bonds is 21. The Morgan fingerprint density at radius 3 is 1.28 bits per heavy atom. The molecule has 27 nitrogen and oxygen atoms in total. The Morgan fingerprint density at radius 2 is 0.859 bits per heavy atom. The summed E-state index contributed by atoms with van der Waals surface area (Å²) < 4.78 is 0. The number of hydrogen-bond acceptors (Lipinski definition) is 16. The molecule has 0 saturated carbocycles. The van der Waals surface area contributed by atoms with E-state index in [-0.39, 0.29) is 75.6 Å². The fourth-order valence-electron chi connectivity index (χ4n) is 12.7. The van der Waals surface area contributed by atoms with Crippen LogP contribution in [0.25, 0.3) is 0 Å². The highest BCUT2D eigenvalue weighted by molar-refractivity contribution is 6.00. The molecule has 0 spiro atoms. The van der Waals surface area contributed by atoms with Crippen LogP contribution in [-0.4, -0.2) is 236 Å². The van der Waals surface area contributed by atoms with E-state index in [0.29, 0.717) is 90.4 Å². The predicted molar refractivity (Wildman–Crippen MR) is 279 cm³/mol. The van der Waals surface area contributed by atoms with Crippen LogP contribution in [0, 0.1) is 0 Å². The molecule has 0 unspecified atom stereocenters. The Bertz CT molecular complexity index is 2270. The van der Waals surface area contributed by atoms with Crippen molar-refractivity contribution in [3.63, 3.8) is 0 Å². The number of hydrogen-bond donors (Lipinski definition) is 9. The van der Waals surface area contributed by atoms with Crippen molar-refractivity contribution in [3.05, 3.63) is 0 Å². The van der Waals surface area contributed by atoms with Crippen LogP contribution >= 0.6 is 0 Å². The van der Waals surface area contributed by atoms with E-state index in [9.17, 15) is 57.8 Å². The molecule has 0 aromatic rings. The first-order valence-corrected chi connectivity index (χ1v) is 28.2. The van der Waals surface area contributed by atoms with Crippen LogP contribution in [0.1, 0.15) is 123 Å². The summed E-state index contributed by atoms with van der Waals surface area (Å²) in [6, 6.07) is -10.5. The summed E-state index contributed by atoms with van der Waals surface area (Å²) in [6.07, 6.45) is 5.78. The topological polar surface area (TPSA) is 383 Å². The quantitative estimate of drug-likeness (QED) is 0.0385. The van der Waals surface area contributed by atoms with Gasteiger partial charge >= 0.3 is 0 Å².